The van der Waals surface area contributed by atoms with E-state index in [4.69, 9.17) is 9.47 Å². The highest BCUT2D eigenvalue weighted by molar-refractivity contribution is 6.18. The standard InChI is InChI=1S/C23H26N2O5/c1-3-30-23(28)18-11-14-24(15-12-18)22(27)20(25-13-5-4-6-21(25)26)16-17-7-9-19(29-2)10-8-17/h4-10,13,16,18H,3,11-12,14-15H2,1-2H3. The second kappa shape index (κ2) is 9.91. The Balaban J connectivity index is 1.86. The molecule has 0 radical (unpaired) electrons. The Labute approximate surface area is 175 Å². The van der Waals surface area contributed by atoms with Crippen LogP contribution in [0.5, 0.6) is 5.75 Å². The van der Waals surface area contributed by atoms with Crippen molar-refractivity contribution >= 4 is 23.6 Å². The second-order valence-corrected chi connectivity index (χ2v) is 7.03. The lowest BCUT2D eigenvalue weighted by Crippen LogP contribution is -2.42. The molecule has 158 valence electrons. The van der Waals surface area contributed by atoms with Crippen molar-refractivity contribution in [3.8, 4) is 5.75 Å². The van der Waals surface area contributed by atoms with E-state index < -0.39 is 0 Å². The van der Waals surface area contributed by atoms with Crippen LogP contribution in [-0.2, 0) is 14.3 Å². The first kappa shape index (κ1) is 21.4. The molecule has 1 aliphatic rings. The maximum absolute atomic E-state index is 13.3. The van der Waals surface area contributed by atoms with Gasteiger partial charge in [0.2, 0.25) is 0 Å². The van der Waals surface area contributed by atoms with Crippen LogP contribution in [0.25, 0.3) is 11.8 Å². The van der Waals surface area contributed by atoms with Crippen molar-refractivity contribution in [1.29, 1.82) is 0 Å². The molecule has 0 spiro atoms. The molecule has 1 aliphatic heterocycles. The highest BCUT2D eigenvalue weighted by atomic mass is 16.5. The van der Waals surface area contributed by atoms with Crippen LogP contribution in [0.3, 0.4) is 0 Å². The number of carbonyl (C=O) groups is 2. The summed E-state index contributed by atoms with van der Waals surface area (Å²) in [6, 6.07) is 12.0. The summed E-state index contributed by atoms with van der Waals surface area (Å²) >= 11 is 0. The zero-order chi connectivity index (χ0) is 21.5. The minimum absolute atomic E-state index is 0.192. The van der Waals surface area contributed by atoms with Crippen LogP contribution in [0.2, 0.25) is 0 Å². The number of likely N-dealkylation sites (tertiary alicyclic amines) is 1. The minimum atomic E-state index is -0.285. The van der Waals surface area contributed by atoms with Gasteiger partial charge in [0.15, 0.2) is 0 Å². The van der Waals surface area contributed by atoms with Gasteiger partial charge in [-0.1, -0.05) is 18.2 Å². The summed E-state index contributed by atoms with van der Waals surface area (Å²) in [5, 5.41) is 0. The lowest BCUT2D eigenvalue weighted by molar-refractivity contribution is -0.150. The van der Waals surface area contributed by atoms with Gasteiger partial charge in [0.25, 0.3) is 11.5 Å². The fourth-order valence-corrected chi connectivity index (χ4v) is 3.46. The van der Waals surface area contributed by atoms with E-state index in [1.54, 1.807) is 55.5 Å². The molecule has 0 unspecified atom stereocenters. The lowest BCUT2D eigenvalue weighted by atomic mass is 9.96. The number of hydrogen-bond donors (Lipinski definition) is 0. The summed E-state index contributed by atoms with van der Waals surface area (Å²) in [5.41, 5.74) is 0.753. The van der Waals surface area contributed by atoms with Gasteiger partial charge in [0.05, 0.1) is 19.6 Å². The van der Waals surface area contributed by atoms with Gasteiger partial charge in [-0.05, 0) is 49.6 Å². The van der Waals surface area contributed by atoms with Gasteiger partial charge in [-0.15, -0.1) is 0 Å². The van der Waals surface area contributed by atoms with Crippen molar-refractivity contribution in [3.05, 3.63) is 64.6 Å². The first-order valence-electron chi connectivity index (χ1n) is 10.0. The van der Waals surface area contributed by atoms with Crippen molar-refractivity contribution in [2.75, 3.05) is 26.8 Å². The highest BCUT2D eigenvalue weighted by Crippen LogP contribution is 2.22. The van der Waals surface area contributed by atoms with Crippen LogP contribution in [0.15, 0.2) is 53.5 Å². The molecule has 30 heavy (non-hydrogen) atoms. The number of esters is 1. The average Bonchev–Trinajstić information content (AvgIpc) is 2.78. The van der Waals surface area contributed by atoms with E-state index in [0.29, 0.717) is 38.3 Å². The predicted molar refractivity (Wildman–Crippen MR) is 114 cm³/mol. The molecule has 3 rings (SSSR count). The molecule has 0 N–H and O–H groups in total. The van der Waals surface area contributed by atoms with E-state index in [0.717, 1.165) is 5.56 Å². The lowest BCUT2D eigenvalue weighted by Gasteiger charge is -2.31. The van der Waals surface area contributed by atoms with Gasteiger partial charge in [-0.3, -0.25) is 19.0 Å². The summed E-state index contributed by atoms with van der Waals surface area (Å²) in [5.74, 6) is 0.0553. The number of ether oxygens (including phenoxy) is 2. The molecule has 1 saturated heterocycles. The molecule has 1 aromatic carbocycles. The van der Waals surface area contributed by atoms with E-state index in [1.807, 2.05) is 12.1 Å². The highest BCUT2D eigenvalue weighted by Gasteiger charge is 2.30. The Morgan fingerprint density at radius 2 is 1.80 bits per heavy atom. The Morgan fingerprint density at radius 3 is 2.40 bits per heavy atom. The molecule has 1 fully saturated rings. The van der Waals surface area contributed by atoms with Crippen LogP contribution >= 0.6 is 0 Å². The largest absolute Gasteiger partial charge is 0.497 e. The molecule has 2 aromatic rings. The Morgan fingerprint density at radius 1 is 1.10 bits per heavy atom. The summed E-state index contributed by atoms with van der Waals surface area (Å²) in [4.78, 5) is 39.4. The number of benzene rings is 1. The average molecular weight is 410 g/mol. The van der Waals surface area contributed by atoms with Crippen LogP contribution < -0.4 is 10.3 Å². The topological polar surface area (TPSA) is 77.8 Å². The summed E-state index contributed by atoms with van der Waals surface area (Å²) in [7, 11) is 1.59. The third-order valence-corrected chi connectivity index (χ3v) is 5.12. The van der Waals surface area contributed by atoms with Crippen molar-refractivity contribution in [1.82, 2.24) is 9.47 Å². The molecular formula is C23H26N2O5. The van der Waals surface area contributed by atoms with Gasteiger partial charge < -0.3 is 14.4 Å². The number of aromatic nitrogens is 1. The second-order valence-electron chi connectivity index (χ2n) is 7.03. The maximum atomic E-state index is 13.3. The monoisotopic (exact) mass is 410 g/mol. The van der Waals surface area contributed by atoms with Gasteiger partial charge in [-0.2, -0.15) is 0 Å². The van der Waals surface area contributed by atoms with E-state index >= 15 is 0 Å². The summed E-state index contributed by atoms with van der Waals surface area (Å²) < 4.78 is 11.6. The first-order chi connectivity index (χ1) is 14.5. The van der Waals surface area contributed by atoms with Crippen molar-refractivity contribution < 1.29 is 19.1 Å². The van der Waals surface area contributed by atoms with Gasteiger partial charge in [-0.25, -0.2) is 0 Å². The number of hydrogen-bond acceptors (Lipinski definition) is 5. The molecule has 0 aliphatic carbocycles. The maximum Gasteiger partial charge on any atom is 0.309 e. The fourth-order valence-electron chi connectivity index (χ4n) is 3.46. The summed E-state index contributed by atoms with van der Waals surface area (Å²) in [6.07, 6.45) is 4.37. The number of amides is 1. The van der Waals surface area contributed by atoms with Gasteiger partial charge >= 0.3 is 5.97 Å². The first-order valence-corrected chi connectivity index (χ1v) is 10.0. The van der Waals surface area contributed by atoms with Gasteiger partial charge in [0, 0.05) is 25.4 Å². The van der Waals surface area contributed by atoms with Crippen LogP contribution in [0.4, 0.5) is 0 Å². The minimum Gasteiger partial charge on any atom is -0.497 e. The normalized spacial score (nSPS) is 15.0. The third kappa shape index (κ3) is 4.97. The molecule has 2 heterocycles. The van der Waals surface area contributed by atoms with Gasteiger partial charge in [0.1, 0.15) is 11.4 Å². The van der Waals surface area contributed by atoms with Crippen LogP contribution in [0.1, 0.15) is 25.3 Å². The van der Waals surface area contributed by atoms with Crippen molar-refractivity contribution in [3.63, 3.8) is 0 Å². The van der Waals surface area contributed by atoms with Crippen LogP contribution in [-0.4, -0.2) is 48.1 Å². The molecule has 0 bridgehead atoms. The third-order valence-electron chi connectivity index (χ3n) is 5.12. The molecule has 1 amide bonds. The Kier molecular flexibility index (Phi) is 7.06. The quantitative estimate of drug-likeness (QED) is 0.540. The number of nitrogens with zero attached hydrogens (tertiary/aromatic N) is 2. The number of methoxy groups -OCH3 is 1. The van der Waals surface area contributed by atoms with Crippen molar-refractivity contribution in [2.24, 2.45) is 5.92 Å². The Hall–Kier alpha value is -3.35. The Bertz CT molecular complexity index is 970. The molecule has 1 aromatic heterocycles. The molecule has 0 saturated carbocycles. The number of pyridine rings is 1. The van der Waals surface area contributed by atoms with Crippen LogP contribution in [0, 0.1) is 5.92 Å². The van der Waals surface area contributed by atoms with E-state index in [2.05, 4.69) is 0 Å². The molecule has 7 nitrogen and oxygen atoms in total. The molecule has 0 atom stereocenters. The van der Waals surface area contributed by atoms with E-state index in [1.165, 1.54) is 10.6 Å². The fraction of sp³-hybridized carbons (Fsp3) is 0.348. The molecular weight excluding hydrogens is 384 g/mol. The SMILES string of the molecule is CCOC(=O)C1CCN(C(=O)C(=Cc2ccc(OC)cc2)n2ccccc2=O)CC1. The van der Waals surface area contributed by atoms with E-state index in [-0.39, 0.29) is 29.1 Å². The molecule has 7 heteroatoms. The number of rotatable bonds is 6. The predicted octanol–water partition coefficient (Wildman–Crippen LogP) is 2.66. The van der Waals surface area contributed by atoms with Crippen molar-refractivity contribution in [2.45, 2.75) is 19.8 Å². The van der Waals surface area contributed by atoms with E-state index in [9.17, 15) is 14.4 Å². The number of piperidine rings is 1. The summed E-state index contributed by atoms with van der Waals surface area (Å²) in [6.45, 7) is 3.00. The zero-order valence-electron chi connectivity index (χ0n) is 17.2. The number of carbonyl (C=O) groups excluding carboxylic acids is 2. The smallest absolute Gasteiger partial charge is 0.309 e. The zero-order valence-corrected chi connectivity index (χ0v) is 17.2.